The van der Waals surface area contributed by atoms with E-state index in [4.69, 9.17) is 9.47 Å². The predicted octanol–water partition coefficient (Wildman–Crippen LogP) is 4.13. The number of ether oxygens (including phenoxy) is 2. The summed E-state index contributed by atoms with van der Waals surface area (Å²) >= 11 is 0. The van der Waals surface area contributed by atoms with Crippen molar-refractivity contribution in [3.8, 4) is 0 Å². The Morgan fingerprint density at radius 3 is 2.86 bits per heavy atom. The van der Waals surface area contributed by atoms with Gasteiger partial charge in [0.05, 0.1) is 19.3 Å². The number of nitrogens with one attached hydrogen (secondary N) is 2. The van der Waals surface area contributed by atoms with E-state index in [-0.39, 0.29) is 30.0 Å². The van der Waals surface area contributed by atoms with E-state index in [9.17, 15) is 0 Å². The summed E-state index contributed by atoms with van der Waals surface area (Å²) in [4.78, 5) is 4.35. The molecular formula is C22H32IN3O2. The lowest BCUT2D eigenvalue weighted by atomic mass is 10.00. The molecule has 5 nitrogen and oxygen atoms in total. The second-order valence-electron chi connectivity index (χ2n) is 7.09. The Kier molecular flexibility index (Phi) is 10.0. The lowest BCUT2D eigenvalue weighted by molar-refractivity contribution is 0.0888. The molecular weight excluding hydrogens is 465 g/mol. The second kappa shape index (κ2) is 12.2. The number of benzene rings is 2. The molecule has 3 rings (SSSR count). The Balaban J connectivity index is 0.00000280. The van der Waals surface area contributed by atoms with E-state index in [0.717, 1.165) is 51.8 Å². The van der Waals surface area contributed by atoms with Crippen LogP contribution in [0.3, 0.4) is 0 Å². The number of hydrogen-bond acceptors (Lipinski definition) is 3. The fourth-order valence-corrected chi connectivity index (χ4v) is 3.45. The third kappa shape index (κ3) is 6.60. The Morgan fingerprint density at radius 2 is 2.07 bits per heavy atom. The van der Waals surface area contributed by atoms with Gasteiger partial charge in [-0.3, -0.25) is 4.99 Å². The monoisotopic (exact) mass is 497 g/mol. The summed E-state index contributed by atoms with van der Waals surface area (Å²) in [7, 11) is 1.81. The molecule has 0 spiro atoms. The summed E-state index contributed by atoms with van der Waals surface area (Å²) in [6.07, 6.45) is 2.08. The average molecular weight is 497 g/mol. The molecule has 2 N–H and O–H groups in total. The zero-order valence-corrected chi connectivity index (χ0v) is 19.1. The van der Waals surface area contributed by atoms with Crippen LogP contribution in [0, 0.1) is 5.92 Å². The van der Waals surface area contributed by atoms with Gasteiger partial charge in [0, 0.05) is 32.7 Å². The number of halogens is 1. The molecule has 6 heteroatoms. The van der Waals surface area contributed by atoms with E-state index in [0.29, 0.717) is 5.92 Å². The Hall–Kier alpha value is -1.38. The van der Waals surface area contributed by atoms with Crippen LogP contribution in [-0.4, -0.2) is 46.0 Å². The first-order valence-corrected chi connectivity index (χ1v) is 9.88. The highest BCUT2D eigenvalue weighted by molar-refractivity contribution is 14.0. The van der Waals surface area contributed by atoms with Gasteiger partial charge in [-0.25, -0.2) is 0 Å². The van der Waals surface area contributed by atoms with Crippen molar-refractivity contribution >= 4 is 40.7 Å². The van der Waals surface area contributed by atoms with E-state index >= 15 is 0 Å². The number of rotatable bonds is 8. The van der Waals surface area contributed by atoms with E-state index < -0.39 is 0 Å². The molecule has 2 atom stereocenters. The topological polar surface area (TPSA) is 54.9 Å². The normalized spacial score (nSPS) is 17.9. The molecule has 1 saturated heterocycles. The third-order valence-electron chi connectivity index (χ3n) is 5.00. The zero-order chi connectivity index (χ0) is 18.9. The van der Waals surface area contributed by atoms with Crippen molar-refractivity contribution in [1.82, 2.24) is 10.6 Å². The molecule has 154 valence electrons. The summed E-state index contributed by atoms with van der Waals surface area (Å²) in [5.74, 6) is 1.40. The van der Waals surface area contributed by atoms with Crippen LogP contribution in [0.15, 0.2) is 47.5 Å². The zero-order valence-electron chi connectivity index (χ0n) is 16.8. The lowest BCUT2D eigenvalue weighted by Crippen LogP contribution is -2.39. The van der Waals surface area contributed by atoms with Crippen LogP contribution in [0.4, 0.5) is 0 Å². The molecule has 0 amide bonds. The van der Waals surface area contributed by atoms with Crippen LogP contribution < -0.4 is 10.6 Å². The first kappa shape index (κ1) is 22.9. The molecule has 1 fully saturated rings. The Labute approximate surface area is 185 Å². The molecule has 0 saturated carbocycles. The molecule has 0 aliphatic carbocycles. The Bertz CT molecular complexity index is 742. The van der Waals surface area contributed by atoms with Gasteiger partial charge in [0.15, 0.2) is 5.96 Å². The standard InChI is InChI=1S/C22H31N3O2.HI/c1-17(20-10-5-8-19-7-3-4-9-21(19)20)25-22(23-2)24-12-6-13-26-15-18-11-14-27-16-18;/h3-5,7-10,17-18H,6,11-16H2,1-2H3,(H2,23,24,25);1H. The maximum Gasteiger partial charge on any atom is 0.191 e. The van der Waals surface area contributed by atoms with Gasteiger partial charge in [0.2, 0.25) is 0 Å². The molecule has 0 radical (unpaired) electrons. The highest BCUT2D eigenvalue weighted by atomic mass is 127. The van der Waals surface area contributed by atoms with Crippen molar-refractivity contribution in [2.24, 2.45) is 10.9 Å². The summed E-state index contributed by atoms with van der Waals surface area (Å²) in [6.45, 7) is 6.31. The molecule has 28 heavy (non-hydrogen) atoms. The van der Waals surface area contributed by atoms with Crippen molar-refractivity contribution in [3.63, 3.8) is 0 Å². The number of nitrogens with zero attached hydrogens (tertiary/aromatic N) is 1. The van der Waals surface area contributed by atoms with E-state index in [1.54, 1.807) is 0 Å². The minimum Gasteiger partial charge on any atom is -0.381 e. The highest BCUT2D eigenvalue weighted by Gasteiger charge is 2.15. The van der Waals surface area contributed by atoms with Gasteiger partial charge < -0.3 is 20.1 Å². The van der Waals surface area contributed by atoms with E-state index in [1.165, 1.54) is 16.3 Å². The van der Waals surface area contributed by atoms with Gasteiger partial charge in [0.25, 0.3) is 0 Å². The molecule has 2 aromatic carbocycles. The largest absolute Gasteiger partial charge is 0.381 e. The molecule has 0 bridgehead atoms. The summed E-state index contributed by atoms with van der Waals surface area (Å²) in [6, 6.07) is 15.1. The van der Waals surface area contributed by atoms with Crippen LogP contribution in [0.1, 0.15) is 31.4 Å². The first-order chi connectivity index (χ1) is 13.3. The predicted molar refractivity (Wildman–Crippen MR) is 127 cm³/mol. The minimum absolute atomic E-state index is 0. The van der Waals surface area contributed by atoms with Crippen LogP contribution in [0.5, 0.6) is 0 Å². The maximum absolute atomic E-state index is 5.75. The number of hydrogen-bond donors (Lipinski definition) is 2. The third-order valence-corrected chi connectivity index (χ3v) is 5.00. The van der Waals surface area contributed by atoms with Gasteiger partial charge in [0.1, 0.15) is 0 Å². The van der Waals surface area contributed by atoms with Gasteiger partial charge in [-0.1, -0.05) is 42.5 Å². The van der Waals surface area contributed by atoms with Crippen molar-refractivity contribution in [2.75, 3.05) is 40.0 Å². The van der Waals surface area contributed by atoms with E-state index in [2.05, 4.69) is 65.0 Å². The summed E-state index contributed by atoms with van der Waals surface area (Å²) in [5, 5.41) is 9.41. The van der Waals surface area contributed by atoms with E-state index in [1.807, 2.05) is 7.05 Å². The summed E-state index contributed by atoms with van der Waals surface area (Å²) < 4.78 is 11.1. The van der Waals surface area contributed by atoms with Crippen molar-refractivity contribution in [3.05, 3.63) is 48.0 Å². The van der Waals surface area contributed by atoms with Gasteiger partial charge >= 0.3 is 0 Å². The molecule has 1 heterocycles. The van der Waals surface area contributed by atoms with Crippen LogP contribution >= 0.6 is 24.0 Å². The van der Waals surface area contributed by atoms with Crippen molar-refractivity contribution in [1.29, 1.82) is 0 Å². The minimum atomic E-state index is 0. The fraction of sp³-hybridized carbons (Fsp3) is 0.500. The van der Waals surface area contributed by atoms with Gasteiger partial charge in [-0.2, -0.15) is 0 Å². The smallest absolute Gasteiger partial charge is 0.191 e. The van der Waals surface area contributed by atoms with Crippen molar-refractivity contribution in [2.45, 2.75) is 25.8 Å². The summed E-state index contributed by atoms with van der Waals surface area (Å²) in [5.41, 5.74) is 1.28. The Morgan fingerprint density at radius 1 is 1.25 bits per heavy atom. The first-order valence-electron chi connectivity index (χ1n) is 9.88. The van der Waals surface area contributed by atoms with Crippen LogP contribution in [0.2, 0.25) is 0 Å². The van der Waals surface area contributed by atoms with Gasteiger partial charge in [-0.15, -0.1) is 24.0 Å². The molecule has 0 aromatic heterocycles. The highest BCUT2D eigenvalue weighted by Crippen LogP contribution is 2.23. The van der Waals surface area contributed by atoms with Crippen LogP contribution in [-0.2, 0) is 9.47 Å². The number of fused-ring (bicyclic) bond motifs is 1. The maximum atomic E-state index is 5.75. The van der Waals surface area contributed by atoms with Crippen molar-refractivity contribution < 1.29 is 9.47 Å². The second-order valence-corrected chi connectivity index (χ2v) is 7.09. The van der Waals surface area contributed by atoms with Gasteiger partial charge in [-0.05, 0) is 36.1 Å². The molecule has 1 aliphatic heterocycles. The SMILES string of the molecule is CN=C(NCCCOCC1CCOC1)NC(C)c1cccc2ccccc12.I. The number of guanidine groups is 1. The average Bonchev–Trinajstić information content (AvgIpc) is 3.22. The molecule has 2 unspecified atom stereocenters. The van der Waals surface area contributed by atoms with Crippen LogP contribution in [0.25, 0.3) is 10.8 Å². The quantitative estimate of drug-likeness (QED) is 0.249. The number of aliphatic imine (C=N–C) groups is 1. The fourth-order valence-electron chi connectivity index (χ4n) is 3.45. The molecule has 2 aromatic rings. The molecule has 1 aliphatic rings. The lowest BCUT2D eigenvalue weighted by Gasteiger charge is -2.20.